The van der Waals surface area contributed by atoms with Gasteiger partial charge in [-0.05, 0) is 48.7 Å². The second-order valence-electron chi connectivity index (χ2n) is 6.24. The number of aromatic nitrogens is 3. The molecule has 3 aromatic rings. The minimum Gasteiger partial charge on any atom is -0.494 e. The number of anilines is 2. The summed E-state index contributed by atoms with van der Waals surface area (Å²) in [6, 6.07) is 16.7. The van der Waals surface area contributed by atoms with Crippen molar-refractivity contribution in [1.29, 1.82) is 0 Å². The fourth-order valence-electron chi connectivity index (χ4n) is 3.34. The third-order valence-corrected chi connectivity index (χ3v) is 5.08. The number of rotatable bonds is 4. The second kappa shape index (κ2) is 6.99. The van der Waals surface area contributed by atoms with Gasteiger partial charge in [-0.1, -0.05) is 40.2 Å². The predicted octanol–water partition coefficient (Wildman–Crippen LogP) is 4.17. The van der Waals surface area contributed by atoms with Gasteiger partial charge in [0.2, 0.25) is 11.9 Å². The van der Waals surface area contributed by atoms with Gasteiger partial charge in [-0.3, -0.25) is 0 Å². The highest BCUT2D eigenvalue weighted by atomic mass is 79.9. The Bertz CT molecular complexity index is 891. The van der Waals surface area contributed by atoms with Crippen LogP contribution in [0.4, 0.5) is 11.9 Å². The van der Waals surface area contributed by atoms with E-state index < -0.39 is 0 Å². The lowest BCUT2D eigenvalue weighted by Crippen LogP contribution is -2.28. The average Bonchev–Trinajstić information content (AvgIpc) is 3.02. The minimum absolute atomic E-state index is 0.0559. The smallest absolute Gasteiger partial charge is 0.241 e. The lowest BCUT2D eigenvalue weighted by atomic mass is 9.93. The van der Waals surface area contributed by atoms with E-state index in [1.165, 1.54) is 5.56 Å². The molecule has 0 fully saturated rings. The van der Waals surface area contributed by atoms with Gasteiger partial charge in [0.1, 0.15) is 5.75 Å². The molecule has 0 aliphatic carbocycles. The SMILES string of the molecule is CCOc1ccc(C2CC(c3ccc(Br)cc3)Nc3nc(N)nn32)cc1. The Hall–Kier alpha value is -2.54. The molecule has 6 nitrogen and oxygen atoms in total. The topological polar surface area (TPSA) is 78.0 Å². The number of hydrogen-bond acceptors (Lipinski definition) is 5. The summed E-state index contributed by atoms with van der Waals surface area (Å²) in [5.41, 5.74) is 8.22. The van der Waals surface area contributed by atoms with E-state index in [1.807, 2.05) is 23.7 Å². The zero-order valence-corrected chi connectivity index (χ0v) is 16.0. The second-order valence-corrected chi connectivity index (χ2v) is 7.16. The Morgan fingerprint density at radius 2 is 1.85 bits per heavy atom. The monoisotopic (exact) mass is 413 g/mol. The summed E-state index contributed by atoms with van der Waals surface area (Å²) in [6.45, 7) is 2.64. The first-order valence-corrected chi connectivity index (χ1v) is 9.40. The van der Waals surface area contributed by atoms with Crippen molar-refractivity contribution in [3.05, 3.63) is 64.1 Å². The van der Waals surface area contributed by atoms with Gasteiger partial charge in [-0.15, -0.1) is 5.10 Å². The standard InChI is InChI=1S/C19H20BrN5O/c1-2-26-15-9-5-13(6-10-15)17-11-16(12-3-7-14(20)8-4-12)22-19-23-18(21)24-25(17)19/h3-10,16-17H,2,11H2,1H3,(H3,21,22,23,24). The van der Waals surface area contributed by atoms with E-state index in [-0.39, 0.29) is 18.0 Å². The van der Waals surface area contributed by atoms with Crippen LogP contribution in [0, 0.1) is 0 Å². The first kappa shape index (κ1) is 16.9. The van der Waals surface area contributed by atoms with Crippen molar-refractivity contribution < 1.29 is 4.74 Å². The van der Waals surface area contributed by atoms with E-state index >= 15 is 0 Å². The first-order valence-electron chi connectivity index (χ1n) is 8.61. The number of nitrogens with one attached hydrogen (secondary N) is 1. The molecule has 26 heavy (non-hydrogen) atoms. The summed E-state index contributed by atoms with van der Waals surface area (Å²) in [5, 5.41) is 7.85. The van der Waals surface area contributed by atoms with Crippen molar-refractivity contribution in [1.82, 2.24) is 14.8 Å². The molecule has 0 bridgehead atoms. The van der Waals surface area contributed by atoms with E-state index in [4.69, 9.17) is 10.5 Å². The Labute approximate surface area is 160 Å². The highest BCUT2D eigenvalue weighted by Crippen LogP contribution is 2.38. The lowest BCUT2D eigenvalue weighted by molar-refractivity contribution is 0.340. The van der Waals surface area contributed by atoms with Crippen LogP contribution in [0.2, 0.25) is 0 Å². The Kier molecular flexibility index (Phi) is 4.55. The highest BCUT2D eigenvalue weighted by Gasteiger charge is 2.30. The fourth-order valence-corrected chi connectivity index (χ4v) is 3.60. The molecule has 0 saturated carbocycles. The summed E-state index contributed by atoms with van der Waals surface area (Å²) >= 11 is 3.49. The maximum atomic E-state index is 5.86. The van der Waals surface area contributed by atoms with E-state index in [1.54, 1.807) is 0 Å². The third-order valence-electron chi connectivity index (χ3n) is 4.55. The van der Waals surface area contributed by atoms with Crippen molar-refractivity contribution in [2.45, 2.75) is 25.4 Å². The molecule has 7 heteroatoms. The quantitative estimate of drug-likeness (QED) is 0.670. The Balaban J connectivity index is 1.69. The Morgan fingerprint density at radius 3 is 2.54 bits per heavy atom. The number of nitrogens with zero attached hydrogens (tertiary/aromatic N) is 3. The molecule has 0 spiro atoms. The number of ether oxygens (including phenoxy) is 1. The first-order chi connectivity index (χ1) is 12.6. The van der Waals surface area contributed by atoms with Crippen molar-refractivity contribution in [3.63, 3.8) is 0 Å². The van der Waals surface area contributed by atoms with Gasteiger partial charge in [-0.2, -0.15) is 4.98 Å². The Morgan fingerprint density at radius 1 is 1.15 bits per heavy atom. The molecule has 2 heterocycles. The van der Waals surface area contributed by atoms with Gasteiger partial charge in [0.15, 0.2) is 0 Å². The van der Waals surface area contributed by atoms with E-state index in [2.05, 4.69) is 67.7 Å². The highest BCUT2D eigenvalue weighted by molar-refractivity contribution is 9.10. The van der Waals surface area contributed by atoms with Crippen LogP contribution in [-0.2, 0) is 0 Å². The van der Waals surface area contributed by atoms with Gasteiger partial charge < -0.3 is 15.8 Å². The van der Waals surface area contributed by atoms with Crippen LogP contribution in [0.3, 0.4) is 0 Å². The average molecular weight is 414 g/mol. The van der Waals surface area contributed by atoms with Crippen LogP contribution in [0.1, 0.15) is 36.6 Å². The van der Waals surface area contributed by atoms with E-state index in [0.29, 0.717) is 12.6 Å². The van der Waals surface area contributed by atoms with Gasteiger partial charge in [0.05, 0.1) is 18.7 Å². The van der Waals surface area contributed by atoms with Gasteiger partial charge >= 0.3 is 0 Å². The van der Waals surface area contributed by atoms with Gasteiger partial charge in [0.25, 0.3) is 0 Å². The summed E-state index contributed by atoms with van der Waals surface area (Å²) in [4.78, 5) is 4.35. The molecule has 2 unspecified atom stereocenters. The zero-order chi connectivity index (χ0) is 18.1. The number of nitrogens with two attached hydrogens (primary N) is 1. The number of nitrogen functional groups attached to an aromatic ring is 1. The van der Waals surface area contributed by atoms with Crippen LogP contribution < -0.4 is 15.8 Å². The maximum absolute atomic E-state index is 5.86. The van der Waals surface area contributed by atoms with Crippen molar-refractivity contribution in [2.75, 3.05) is 17.7 Å². The molecule has 1 aliphatic rings. The third kappa shape index (κ3) is 3.26. The molecule has 4 rings (SSSR count). The largest absolute Gasteiger partial charge is 0.494 e. The van der Waals surface area contributed by atoms with Crippen LogP contribution in [0.25, 0.3) is 0 Å². The molecule has 0 saturated heterocycles. The predicted molar refractivity (Wildman–Crippen MR) is 105 cm³/mol. The number of hydrogen-bond donors (Lipinski definition) is 2. The zero-order valence-electron chi connectivity index (χ0n) is 14.4. The van der Waals surface area contributed by atoms with Gasteiger partial charge in [-0.25, -0.2) is 4.68 Å². The molecule has 1 aromatic heterocycles. The summed E-state index contributed by atoms with van der Waals surface area (Å²) in [7, 11) is 0. The molecular formula is C19H20BrN5O. The fraction of sp³-hybridized carbons (Fsp3) is 0.263. The maximum Gasteiger partial charge on any atom is 0.241 e. The molecule has 3 N–H and O–H groups in total. The molecular weight excluding hydrogens is 394 g/mol. The van der Waals surface area contributed by atoms with Crippen molar-refractivity contribution in [2.24, 2.45) is 0 Å². The molecule has 2 aromatic carbocycles. The van der Waals surface area contributed by atoms with Crippen molar-refractivity contribution >= 4 is 27.8 Å². The normalized spacial score (nSPS) is 18.8. The molecule has 134 valence electrons. The lowest BCUT2D eigenvalue weighted by Gasteiger charge is -2.31. The van der Waals surface area contributed by atoms with Crippen LogP contribution in [0.15, 0.2) is 53.0 Å². The molecule has 0 amide bonds. The summed E-state index contributed by atoms with van der Waals surface area (Å²) in [6.07, 6.45) is 0.853. The molecule has 1 aliphatic heterocycles. The van der Waals surface area contributed by atoms with E-state index in [0.717, 1.165) is 22.2 Å². The van der Waals surface area contributed by atoms with Gasteiger partial charge in [0, 0.05) is 4.47 Å². The van der Waals surface area contributed by atoms with Crippen molar-refractivity contribution in [3.8, 4) is 5.75 Å². The van der Waals surface area contributed by atoms with Crippen LogP contribution >= 0.6 is 15.9 Å². The molecule has 0 radical (unpaired) electrons. The minimum atomic E-state index is 0.0559. The van der Waals surface area contributed by atoms with Crippen LogP contribution in [-0.4, -0.2) is 21.4 Å². The number of benzene rings is 2. The van der Waals surface area contributed by atoms with Crippen LogP contribution in [0.5, 0.6) is 5.75 Å². The number of halogens is 1. The summed E-state index contributed by atoms with van der Waals surface area (Å²) < 4.78 is 8.49. The summed E-state index contributed by atoms with van der Waals surface area (Å²) in [5.74, 6) is 1.84. The molecule has 2 atom stereocenters. The van der Waals surface area contributed by atoms with E-state index in [9.17, 15) is 0 Å². The number of fused-ring (bicyclic) bond motifs is 1.